The van der Waals surface area contributed by atoms with Gasteiger partial charge in [-0.1, -0.05) is 23.4 Å². The molecule has 8 nitrogen and oxygen atoms in total. The molecule has 8 heteroatoms. The third-order valence-corrected chi connectivity index (χ3v) is 5.61. The fourth-order valence-electron chi connectivity index (χ4n) is 3.70. The molecular weight excluding hydrogens is 372 g/mol. The monoisotopic (exact) mass is 398 g/mol. The van der Waals surface area contributed by atoms with Crippen LogP contribution in [0.5, 0.6) is 5.75 Å². The molecule has 1 unspecified atom stereocenters. The summed E-state index contributed by atoms with van der Waals surface area (Å²) in [6, 6.07) is 7.86. The molecule has 2 heterocycles. The molecule has 0 radical (unpaired) electrons. The van der Waals surface area contributed by atoms with E-state index in [2.05, 4.69) is 21.1 Å². The van der Waals surface area contributed by atoms with Crippen molar-refractivity contribution in [1.82, 2.24) is 21.1 Å². The molecule has 0 bridgehead atoms. The van der Waals surface area contributed by atoms with E-state index >= 15 is 0 Å². The third kappa shape index (κ3) is 4.76. The molecule has 0 spiro atoms. The number of phenols is 1. The number of aromatic hydroxyl groups is 1. The maximum atomic E-state index is 12.9. The summed E-state index contributed by atoms with van der Waals surface area (Å²) in [4.78, 5) is 25.7. The van der Waals surface area contributed by atoms with Gasteiger partial charge in [0, 0.05) is 24.1 Å². The zero-order chi connectivity index (χ0) is 20.2. The van der Waals surface area contributed by atoms with Gasteiger partial charge >= 0.3 is 0 Å². The van der Waals surface area contributed by atoms with Gasteiger partial charge in [0.15, 0.2) is 5.69 Å². The largest absolute Gasteiger partial charge is 0.508 e. The number of phenolic OH excluding ortho intramolecular Hbond substituents is 1. The van der Waals surface area contributed by atoms with Crippen LogP contribution in [-0.4, -0.2) is 41.2 Å². The van der Waals surface area contributed by atoms with Crippen molar-refractivity contribution in [2.45, 2.75) is 44.2 Å². The van der Waals surface area contributed by atoms with Crippen molar-refractivity contribution < 1.29 is 19.2 Å². The first kappa shape index (κ1) is 19.4. The normalized spacial score (nSPS) is 18.2. The van der Waals surface area contributed by atoms with Crippen molar-refractivity contribution in [2.75, 3.05) is 13.1 Å². The van der Waals surface area contributed by atoms with Crippen LogP contribution in [0.1, 0.15) is 53.4 Å². The SMILES string of the molecule is O=C(NC(C(=O)NCc1ccccc1O)C1CCNCC1)c1cc(C2CC2)on1. The molecule has 4 N–H and O–H groups in total. The van der Waals surface area contributed by atoms with Gasteiger partial charge in [-0.2, -0.15) is 0 Å². The van der Waals surface area contributed by atoms with E-state index in [0.717, 1.165) is 44.5 Å². The number of carbonyl (C=O) groups is 2. The summed E-state index contributed by atoms with van der Waals surface area (Å²) in [5, 5.41) is 22.8. The second-order valence-corrected chi connectivity index (χ2v) is 7.77. The van der Waals surface area contributed by atoms with Crippen LogP contribution in [0.15, 0.2) is 34.9 Å². The zero-order valence-electron chi connectivity index (χ0n) is 16.2. The number of benzene rings is 1. The van der Waals surface area contributed by atoms with Gasteiger partial charge in [0.2, 0.25) is 5.91 Å². The van der Waals surface area contributed by atoms with Gasteiger partial charge in [-0.05, 0) is 50.8 Å². The topological polar surface area (TPSA) is 116 Å². The molecule has 29 heavy (non-hydrogen) atoms. The Morgan fingerprint density at radius 3 is 2.69 bits per heavy atom. The molecule has 1 saturated heterocycles. The Kier molecular flexibility index (Phi) is 5.80. The lowest BCUT2D eigenvalue weighted by molar-refractivity contribution is -0.124. The Bertz CT molecular complexity index is 871. The second kappa shape index (κ2) is 8.65. The molecule has 2 aliphatic rings. The lowest BCUT2D eigenvalue weighted by Gasteiger charge is -2.30. The summed E-state index contributed by atoms with van der Waals surface area (Å²) in [5.74, 6) is 0.592. The van der Waals surface area contributed by atoms with Crippen molar-refractivity contribution in [3.63, 3.8) is 0 Å². The first-order chi connectivity index (χ1) is 14.1. The van der Waals surface area contributed by atoms with Gasteiger partial charge in [0.1, 0.15) is 17.6 Å². The van der Waals surface area contributed by atoms with Gasteiger partial charge in [-0.3, -0.25) is 9.59 Å². The van der Waals surface area contributed by atoms with Crippen molar-refractivity contribution >= 4 is 11.8 Å². The quantitative estimate of drug-likeness (QED) is 0.564. The molecule has 4 rings (SSSR count). The lowest BCUT2D eigenvalue weighted by Crippen LogP contribution is -2.52. The highest BCUT2D eigenvalue weighted by atomic mass is 16.5. The summed E-state index contributed by atoms with van der Waals surface area (Å²) >= 11 is 0. The number of aromatic nitrogens is 1. The number of nitrogens with zero attached hydrogens (tertiary/aromatic N) is 1. The minimum absolute atomic E-state index is 0.0272. The highest BCUT2D eigenvalue weighted by Gasteiger charge is 2.33. The maximum Gasteiger partial charge on any atom is 0.274 e. The minimum Gasteiger partial charge on any atom is -0.508 e. The van der Waals surface area contributed by atoms with Gasteiger partial charge in [0.05, 0.1) is 0 Å². The van der Waals surface area contributed by atoms with Crippen molar-refractivity contribution in [1.29, 1.82) is 0 Å². The average Bonchev–Trinajstić information content (AvgIpc) is 3.48. The van der Waals surface area contributed by atoms with Crippen LogP contribution < -0.4 is 16.0 Å². The summed E-state index contributed by atoms with van der Waals surface area (Å²) in [7, 11) is 0. The van der Waals surface area contributed by atoms with Crippen LogP contribution in [0.2, 0.25) is 0 Å². The van der Waals surface area contributed by atoms with Crippen LogP contribution in [0.4, 0.5) is 0 Å². The summed E-state index contributed by atoms with van der Waals surface area (Å²) in [6.07, 6.45) is 3.70. The molecular formula is C21H26N4O4. The number of hydrogen-bond donors (Lipinski definition) is 4. The van der Waals surface area contributed by atoms with E-state index in [9.17, 15) is 14.7 Å². The molecule has 1 saturated carbocycles. The average molecular weight is 398 g/mol. The Balaban J connectivity index is 1.44. The number of piperidine rings is 1. The number of nitrogens with one attached hydrogen (secondary N) is 3. The second-order valence-electron chi connectivity index (χ2n) is 7.77. The number of carbonyl (C=O) groups excluding carboxylic acids is 2. The van der Waals surface area contributed by atoms with E-state index in [1.165, 1.54) is 0 Å². The number of amides is 2. The minimum atomic E-state index is -0.670. The first-order valence-corrected chi connectivity index (χ1v) is 10.1. The molecule has 2 amide bonds. The van der Waals surface area contributed by atoms with E-state index in [-0.39, 0.29) is 29.8 Å². The molecule has 1 aromatic carbocycles. The Labute approximate surface area is 169 Å². The fraction of sp³-hybridized carbons (Fsp3) is 0.476. The Morgan fingerprint density at radius 2 is 1.97 bits per heavy atom. The predicted molar refractivity (Wildman–Crippen MR) is 105 cm³/mol. The van der Waals surface area contributed by atoms with Gasteiger partial charge in [0.25, 0.3) is 5.91 Å². The molecule has 1 atom stereocenters. The van der Waals surface area contributed by atoms with E-state index in [4.69, 9.17) is 4.52 Å². The predicted octanol–water partition coefficient (Wildman–Crippen LogP) is 1.67. The molecule has 1 aromatic heterocycles. The van der Waals surface area contributed by atoms with Crippen LogP contribution in [0.3, 0.4) is 0 Å². The van der Waals surface area contributed by atoms with Crippen LogP contribution in [-0.2, 0) is 11.3 Å². The van der Waals surface area contributed by atoms with Crippen LogP contribution >= 0.6 is 0 Å². The van der Waals surface area contributed by atoms with Gasteiger partial charge in [-0.25, -0.2) is 0 Å². The standard InChI is InChI=1S/C21H26N4O4/c26-17-4-2-1-3-15(17)12-23-21(28)19(14-7-9-22-10-8-14)24-20(27)16-11-18(29-25-16)13-5-6-13/h1-4,11,13-14,19,22,26H,5-10,12H2,(H,23,28)(H,24,27). The number of hydrogen-bond acceptors (Lipinski definition) is 6. The Morgan fingerprint density at radius 1 is 1.21 bits per heavy atom. The summed E-state index contributed by atoms with van der Waals surface area (Å²) < 4.78 is 5.27. The van der Waals surface area contributed by atoms with E-state index in [0.29, 0.717) is 11.5 Å². The molecule has 2 fully saturated rings. The highest BCUT2D eigenvalue weighted by Crippen LogP contribution is 2.40. The number of para-hydroxylation sites is 1. The van der Waals surface area contributed by atoms with Crippen molar-refractivity contribution in [3.05, 3.63) is 47.3 Å². The van der Waals surface area contributed by atoms with E-state index in [1.807, 2.05) is 0 Å². The van der Waals surface area contributed by atoms with E-state index in [1.54, 1.807) is 30.3 Å². The number of rotatable bonds is 7. The van der Waals surface area contributed by atoms with Gasteiger partial charge in [-0.15, -0.1) is 0 Å². The van der Waals surface area contributed by atoms with Crippen molar-refractivity contribution in [2.24, 2.45) is 5.92 Å². The summed E-state index contributed by atoms with van der Waals surface area (Å²) in [5.41, 5.74) is 0.834. The maximum absolute atomic E-state index is 12.9. The lowest BCUT2D eigenvalue weighted by atomic mass is 9.89. The molecule has 1 aliphatic carbocycles. The zero-order valence-corrected chi connectivity index (χ0v) is 16.2. The van der Waals surface area contributed by atoms with Gasteiger partial charge < -0.3 is 25.6 Å². The van der Waals surface area contributed by atoms with Crippen LogP contribution in [0.25, 0.3) is 0 Å². The highest BCUT2D eigenvalue weighted by molar-refractivity contribution is 5.96. The molecule has 1 aliphatic heterocycles. The van der Waals surface area contributed by atoms with Crippen molar-refractivity contribution in [3.8, 4) is 5.75 Å². The van der Waals surface area contributed by atoms with E-state index < -0.39 is 11.9 Å². The summed E-state index contributed by atoms with van der Waals surface area (Å²) in [6.45, 7) is 1.80. The third-order valence-electron chi connectivity index (χ3n) is 5.61. The molecule has 154 valence electrons. The van der Waals surface area contributed by atoms with Crippen LogP contribution in [0, 0.1) is 5.92 Å². The fourth-order valence-corrected chi connectivity index (χ4v) is 3.70. The molecule has 2 aromatic rings. The Hall–Kier alpha value is -2.87. The smallest absolute Gasteiger partial charge is 0.274 e. The first-order valence-electron chi connectivity index (χ1n) is 10.1.